The first-order valence-electron chi connectivity index (χ1n) is 16.7. The van der Waals surface area contributed by atoms with E-state index in [1.165, 1.54) is 6.07 Å². The fourth-order valence-electron chi connectivity index (χ4n) is 6.36. The van der Waals surface area contributed by atoms with Crippen LogP contribution in [0.1, 0.15) is 0 Å². The molecule has 6 rings (SSSR count). The molecule has 0 unspecified atom stereocenters. The van der Waals surface area contributed by atoms with Crippen LogP contribution < -0.4 is 14.9 Å². The monoisotopic (exact) mass is 788 g/mol. The Labute approximate surface area is 307 Å². The molecule has 0 bridgehead atoms. The molecular weight excluding hydrogens is 748 g/mol. The molecule has 0 aliphatic carbocycles. The van der Waals surface area contributed by atoms with Crippen LogP contribution in [0.2, 0.25) is 0 Å². The zero-order chi connectivity index (χ0) is 40.0. The van der Waals surface area contributed by atoms with Gasteiger partial charge in [0.05, 0.1) is 19.8 Å². The van der Waals surface area contributed by atoms with E-state index in [4.69, 9.17) is 32.8 Å². The second-order valence-corrected chi connectivity index (χ2v) is 13.0. The van der Waals surface area contributed by atoms with E-state index in [0.717, 1.165) is 24.3 Å². The van der Waals surface area contributed by atoms with Gasteiger partial charge in [-0.3, -0.25) is 4.79 Å². The van der Waals surface area contributed by atoms with Gasteiger partial charge < -0.3 is 104 Å². The Morgan fingerprint density at radius 3 is 1.71 bits per heavy atom. The molecule has 4 heterocycles. The van der Waals surface area contributed by atoms with Crippen LogP contribution in [0.3, 0.4) is 0 Å². The lowest BCUT2D eigenvalue weighted by molar-refractivity contribution is -0.352. The van der Waals surface area contributed by atoms with Crippen molar-refractivity contribution in [2.45, 2.75) is 92.1 Å². The van der Waals surface area contributed by atoms with Gasteiger partial charge in [-0.05, 0) is 18.2 Å². The van der Waals surface area contributed by atoms with Crippen molar-refractivity contribution < 1.29 is 104 Å². The molecule has 15 atom stereocenters. The molecule has 3 aliphatic rings. The predicted molar refractivity (Wildman–Crippen MR) is 174 cm³/mol. The zero-order valence-corrected chi connectivity index (χ0v) is 28.2. The Hall–Kier alpha value is -3.95. The summed E-state index contributed by atoms with van der Waals surface area (Å²) in [5, 5.41) is 143. The maximum Gasteiger partial charge on any atom is 0.239 e. The number of ether oxygens (including phenoxy) is 6. The van der Waals surface area contributed by atoms with Crippen molar-refractivity contribution in [1.82, 2.24) is 0 Å². The summed E-state index contributed by atoms with van der Waals surface area (Å²) in [6.07, 6.45) is -26.6. The highest BCUT2D eigenvalue weighted by molar-refractivity contribution is 5.88. The molecule has 0 spiro atoms. The molecule has 3 aliphatic heterocycles. The summed E-state index contributed by atoms with van der Waals surface area (Å²) in [5.74, 6) is -3.69. The number of fused-ring (bicyclic) bond motifs is 1. The van der Waals surface area contributed by atoms with E-state index >= 15 is 0 Å². The quantitative estimate of drug-likeness (QED) is 0.0853. The number of hydrogen-bond donors (Lipinski definition) is 14. The molecule has 0 saturated carbocycles. The topological polar surface area (TPSA) is 369 Å². The average Bonchev–Trinajstić information content (AvgIpc) is 3.16. The third-order valence-electron chi connectivity index (χ3n) is 9.44. The minimum absolute atomic E-state index is 0.120. The fourth-order valence-corrected chi connectivity index (χ4v) is 6.36. The highest BCUT2D eigenvalue weighted by Gasteiger charge is 2.51. The molecular formula is C33H40O22. The summed E-state index contributed by atoms with van der Waals surface area (Å²) in [5.41, 5.74) is -1.68. The van der Waals surface area contributed by atoms with Crippen LogP contribution in [-0.4, -0.2) is 183 Å². The molecule has 0 radical (unpaired) electrons. The van der Waals surface area contributed by atoms with Crippen LogP contribution in [0.15, 0.2) is 39.5 Å². The maximum absolute atomic E-state index is 13.9. The van der Waals surface area contributed by atoms with Gasteiger partial charge in [-0.25, -0.2) is 0 Å². The SMILES string of the molecule is O=c1c(O[C@@H]2O[C@H](CO)[C@H](O)[C@H](O)[C@H]2O)c(-c2ccc(O)c(O)c2)oc2cc(O[C@@H]3O[C@H](CO)[C@@H](O[C@@H]4O[C@H](CO)[C@@H](O)[C@H](O)[C@H]4O)[C@H](O)[C@H]3O)cc(O)c12. The number of aliphatic hydroxyl groups is 11. The van der Waals surface area contributed by atoms with E-state index in [1.807, 2.05) is 0 Å². The molecule has 2 aromatic carbocycles. The van der Waals surface area contributed by atoms with E-state index in [1.54, 1.807) is 0 Å². The highest BCUT2D eigenvalue weighted by Crippen LogP contribution is 2.40. The first kappa shape index (κ1) is 40.7. The first-order valence-corrected chi connectivity index (χ1v) is 16.7. The second kappa shape index (κ2) is 16.3. The third-order valence-corrected chi connectivity index (χ3v) is 9.44. The van der Waals surface area contributed by atoms with E-state index in [-0.39, 0.29) is 11.3 Å². The van der Waals surface area contributed by atoms with Crippen molar-refractivity contribution in [2.24, 2.45) is 0 Å². The van der Waals surface area contributed by atoms with Gasteiger partial charge in [-0.15, -0.1) is 0 Å². The summed E-state index contributed by atoms with van der Waals surface area (Å²) >= 11 is 0. The van der Waals surface area contributed by atoms with Crippen molar-refractivity contribution in [3.8, 4) is 40.1 Å². The van der Waals surface area contributed by atoms with E-state index < -0.39 is 157 Å². The Kier molecular flexibility index (Phi) is 12.0. The third kappa shape index (κ3) is 7.63. The molecule has 3 aromatic rings. The van der Waals surface area contributed by atoms with Crippen LogP contribution in [0.4, 0.5) is 0 Å². The van der Waals surface area contributed by atoms with Crippen molar-refractivity contribution in [3.05, 3.63) is 40.6 Å². The smallest absolute Gasteiger partial charge is 0.239 e. The number of aromatic hydroxyl groups is 3. The summed E-state index contributed by atoms with van der Waals surface area (Å²) in [4.78, 5) is 13.9. The first-order chi connectivity index (χ1) is 26.1. The van der Waals surface area contributed by atoms with Crippen molar-refractivity contribution >= 4 is 11.0 Å². The summed E-state index contributed by atoms with van der Waals surface area (Å²) in [7, 11) is 0. The molecule has 3 fully saturated rings. The molecule has 14 N–H and O–H groups in total. The van der Waals surface area contributed by atoms with Crippen LogP contribution >= 0.6 is 0 Å². The minimum atomic E-state index is -1.99. The number of phenolic OH excluding ortho intramolecular Hbond substituents is 3. The molecule has 3 saturated heterocycles. The summed E-state index contributed by atoms with van der Waals surface area (Å²) in [6.45, 7) is -2.51. The lowest BCUT2D eigenvalue weighted by Crippen LogP contribution is -2.65. The van der Waals surface area contributed by atoms with Gasteiger partial charge >= 0.3 is 0 Å². The maximum atomic E-state index is 13.9. The number of benzene rings is 2. The number of aliphatic hydroxyl groups excluding tert-OH is 11. The van der Waals surface area contributed by atoms with Gasteiger partial charge in [0, 0.05) is 17.7 Å². The highest BCUT2D eigenvalue weighted by atomic mass is 16.7. The number of hydrogen-bond acceptors (Lipinski definition) is 22. The van der Waals surface area contributed by atoms with Crippen LogP contribution in [0.25, 0.3) is 22.3 Å². The van der Waals surface area contributed by atoms with Crippen molar-refractivity contribution in [1.29, 1.82) is 0 Å². The van der Waals surface area contributed by atoms with E-state index in [9.17, 15) is 76.3 Å². The predicted octanol–water partition coefficient (Wildman–Crippen LogP) is -5.24. The van der Waals surface area contributed by atoms with Crippen molar-refractivity contribution in [3.63, 3.8) is 0 Å². The molecule has 0 amide bonds. The van der Waals surface area contributed by atoms with Crippen LogP contribution in [-0.2, 0) is 18.9 Å². The van der Waals surface area contributed by atoms with Gasteiger partial charge in [0.25, 0.3) is 0 Å². The lowest BCUT2D eigenvalue weighted by atomic mass is 9.97. The fraction of sp³-hybridized carbons (Fsp3) is 0.545. The molecule has 55 heavy (non-hydrogen) atoms. The van der Waals surface area contributed by atoms with Gasteiger partial charge in [-0.2, -0.15) is 0 Å². The Balaban J connectivity index is 1.31. The number of phenols is 3. The molecule has 22 heteroatoms. The second-order valence-electron chi connectivity index (χ2n) is 13.0. The van der Waals surface area contributed by atoms with Crippen molar-refractivity contribution in [2.75, 3.05) is 19.8 Å². The summed E-state index contributed by atoms with van der Waals surface area (Å²) in [6, 6.07) is 5.08. The average molecular weight is 789 g/mol. The Morgan fingerprint density at radius 1 is 0.564 bits per heavy atom. The van der Waals surface area contributed by atoms with E-state index in [2.05, 4.69) is 0 Å². The van der Waals surface area contributed by atoms with Crippen LogP contribution in [0, 0.1) is 0 Å². The normalized spacial score (nSPS) is 36.8. The van der Waals surface area contributed by atoms with Gasteiger partial charge in [-0.1, -0.05) is 0 Å². The van der Waals surface area contributed by atoms with Crippen LogP contribution in [0.5, 0.6) is 28.7 Å². The largest absolute Gasteiger partial charge is 0.507 e. The summed E-state index contributed by atoms with van der Waals surface area (Å²) < 4.78 is 39.0. The minimum Gasteiger partial charge on any atom is -0.507 e. The zero-order valence-electron chi connectivity index (χ0n) is 28.2. The number of rotatable bonds is 10. The van der Waals surface area contributed by atoms with Gasteiger partial charge in [0.1, 0.15) is 95.7 Å². The molecule has 22 nitrogen and oxygen atoms in total. The molecule has 304 valence electrons. The standard InChI is InChI=1S/C33H40O22/c34-6-15-19(40)22(43)25(46)32(51-15)54-29-17(8-36)53-31(27(48)24(29)45)49-10-4-13(39)18-14(5-10)50-28(9-1-2-11(37)12(38)3-9)30(21(18)42)55-33-26(47)23(44)20(41)16(7-35)52-33/h1-5,15-17,19-20,22-27,29,31-41,43-48H,6-8H2/t15-,16-,17-,19-,20+,22+,23+,24-,25-,26-,27-,29-,31-,32+,33+/m1/s1. The van der Waals surface area contributed by atoms with E-state index in [0.29, 0.717) is 0 Å². The lowest BCUT2D eigenvalue weighted by Gasteiger charge is -2.45. The van der Waals surface area contributed by atoms with Gasteiger partial charge in [0.2, 0.25) is 23.8 Å². The Morgan fingerprint density at radius 2 is 1.11 bits per heavy atom. The van der Waals surface area contributed by atoms with Gasteiger partial charge in [0.15, 0.2) is 23.5 Å². The Bertz CT molecular complexity index is 1870. The molecule has 1 aromatic heterocycles.